The van der Waals surface area contributed by atoms with Gasteiger partial charge in [-0.1, -0.05) is 61.0 Å². The lowest BCUT2D eigenvalue weighted by molar-refractivity contribution is 0.350. The molecule has 1 aromatic rings. The molecular weight excluding hydrogens is 220 g/mol. The summed E-state index contributed by atoms with van der Waals surface area (Å²) in [5.41, 5.74) is 1.75. The minimum atomic E-state index is -0.0608. The fourth-order valence-electron chi connectivity index (χ4n) is 2.69. The zero-order chi connectivity index (χ0) is 12.1. The molecule has 2 rings (SSSR count). The Morgan fingerprint density at radius 1 is 1.24 bits per heavy atom. The van der Waals surface area contributed by atoms with E-state index < -0.39 is 0 Å². The highest BCUT2D eigenvalue weighted by molar-refractivity contribution is 6.54. The number of hydrogen-bond acceptors (Lipinski definition) is 0. The lowest BCUT2D eigenvalue weighted by atomic mass is 9.83. The molecule has 0 nitrogen and oxygen atoms in total. The van der Waals surface area contributed by atoms with E-state index in [2.05, 4.69) is 50.3 Å². The van der Waals surface area contributed by atoms with Crippen molar-refractivity contribution in [3.8, 4) is 0 Å². The molecule has 1 aliphatic carbocycles. The molecule has 0 N–H and O–H groups in total. The summed E-state index contributed by atoms with van der Waals surface area (Å²) < 4.78 is 0. The summed E-state index contributed by atoms with van der Waals surface area (Å²) in [5.74, 6) is 1.80. The summed E-state index contributed by atoms with van der Waals surface area (Å²) in [6.07, 6.45) is 6.66. The SMILES string of the molecule is CC(C)C1CC=C(C[SiH2]c2ccccc2)CC1. The van der Waals surface area contributed by atoms with Crippen LogP contribution in [0, 0.1) is 11.8 Å². The molecular formula is C16H24Si. The number of rotatable bonds is 4. The number of hydrogen-bond donors (Lipinski definition) is 0. The van der Waals surface area contributed by atoms with E-state index in [1.54, 1.807) is 10.8 Å². The molecule has 0 radical (unpaired) electrons. The largest absolute Gasteiger partial charge is 0.0853 e. The van der Waals surface area contributed by atoms with Gasteiger partial charge < -0.3 is 0 Å². The highest BCUT2D eigenvalue weighted by Crippen LogP contribution is 2.30. The molecule has 0 amide bonds. The van der Waals surface area contributed by atoms with E-state index in [0.29, 0.717) is 0 Å². The molecule has 0 fully saturated rings. The third-order valence-electron chi connectivity index (χ3n) is 4.07. The van der Waals surface area contributed by atoms with E-state index in [9.17, 15) is 0 Å². The van der Waals surface area contributed by atoms with Crippen LogP contribution in [0.4, 0.5) is 0 Å². The van der Waals surface area contributed by atoms with Gasteiger partial charge in [0.05, 0.1) is 9.52 Å². The van der Waals surface area contributed by atoms with Gasteiger partial charge in [-0.3, -0.25) is 0 Å². The van der Waals surface area contributed by atoms with Crippen molar-refractivity contribution in [1.82, 2.24) is 0 Å². The summed E-state index contributed by atoms with van der Waals surface area (Å²) in [7, 11) is -0.0608. The van der Waals surface area contributed by atoms with Gasteiger partial charge in [-0.25, -0.2) is 0 Å². The van der Waals surface area contributed by atoms with Crippen molar-refractivity contribution >= 4 is 14.7 Å². The van der Waals surface area contributed by atoms with Crippen LogP contribution in [0.2, 0.25) is 6.04 Å². The highest BCUT2D eigenvalue weighted by Gasteiger charge is 2.17. The molecule has 1 aliphatic rings. The first kappa shape index (κ1) is 12.6. The van der Waals surface area contributed by atoms with Crippen LogP contribution in [0.15, 0.2) is 42.0 Å². The van der Waals surface area contributed by atoms with Gasteiger partial charge in [-0.05, 0) is 37.1 Å². The van der Waals surface area contributed by atoms with Gasteiger partial charge in [-0.2, -0.15) is 0 Å². The van der Waals surface area contributed by atoms with Gasteiger partial charge in [0.1, 0.15) is 0 Å². The van der Waals surface area contributed by atoms with Crippen LogP contribution in [-0.4, -0.2) is 9.52 Å². The molecule has 1 unspecified atom stereocenters. The van der Waals surface area contributed by atoms with Crippen LogP contribution >= 0.6 is 0 Å². The smallest absolute Gasteiger partial charge is 0.0587 e. The molecule has 17 heavy (non-hydrogen) atoms. The van der Waals surface area contributed by atoms with Gasteiger partial charge in [0.2, 0.25) is 0 Å². The molecule has 0 heterocycles. The summed E-state index contributed by atoms with van der Waals surface area (Å²) in [6, 6.07) is 12.5. The van der Waals surface area contributed by atoms with E-state index in [4.69, 9.17) is 0 Å². The summed E-state index contributed by atoms with van der Waals surface area (Å²) >= 11 is 0. The van der Waals surface area contributed by atoms with Crippen molar-refractivity contribution in [1.29, 1.82) is 0 Å². The predicted octanol–water partition coefficient (Wildman–Crippen LogP) is 3.28. The maximum absolute atomic E-state index is 2.55. The monoisotopic (exact) mass is 244 g/mol. The average molecular weight is 244 g/mol. The molecule has 1 atom stereocenters. The third kappa shape index (κ3) is 3.85. The lowest BCUT2D eigenvalue weighted by Crippen LogP contribution is -2.16. The van der Waals surface area contributed by atoms with Crippen molar-refractivity contribution in [3.05, 3.63) is 42.0 Å². The van der Waals surface area contributed by atoms with E-state index in [1.807, 2.05) is 0 Å². The molecule has 1 aromatic carbocycles. The van der Waals surface area contributed by atoms with E-state index >= 15 is 0 Å². The standard InChI is InChI=1S/C16H24Si/c1-13(2)15-10-8-14(9-11-15)12-17-16-6-4-3-5-7-16/h3-8,13,15H,9-12,17H2,1-2H3. The van der Waals surface area contributed by atoms with Crippen molar-refractivity contribution in [2.24, 2.45) is 11.8 Å². The van der Waals surface area contributed by atoms with Crippen molar-refractivity contribution in [2.75, 3.05) is 0 Å². The zero-order valence-corrected chi connectivity index (χ0v) is 12.6. The molecule has 0 bridgehead atoms. The molecule has 0 saturated heterocycles. The molecule has 92 valence electrons. The Labute approximate surface area is 108 Å². The predicted molar refractivity (Wildman–Crippen MR) is 79.7 cm³/mol. The maximum atomic E-state index is 2.55. The Balaban J connectivity index is 1.81. The summed E-state index contributed by atoms with van der Waals surface area (Å²) in [4.78, 5) is 0. The number of allylic oxidation sites excluding steroid dienone is 2. The Bertz CT molecular complexity index is 364. The van der Waals surface area contributed by atoms with Crippen LogP contribution in [0.3, 0.4) is 0 Å². The van der Waals surface area contributed by atoms with Crippen molar-refractivity contribution < 1.29 is 0 Å². The van der Waals surface area contributed by atoms with E-state index in [-0.39, 0.29) is 9.52 Å². The van der Waals surface area contributed by atoms with Crippen LogP contribution < -0.4 is 5.19 Å². The molecule has 1 heteroatoms. The fourth-order valence-corrected chi connectivity index (χ4v) is 4.36. The Kier molecular flexibility index (Phi) is 4.61. The minimum Gasteiger partial charge on any atom is -0.0853 e. The van der Waals surface area contributed by atoms with Crippen molar-refractivity contribution in [2.45, 2.75) is 39.2 Å². The Morgan fingerprint density at radius 3 is 2.59 bits per heavy atom. The summed E-state index contributed by atoms with van der Waals surface area (Å²) in [5, 5.41) is 1.61. The molecule has 0 spiro atoms. The highest BCUT2D eigenvalue weighted by atomic mass is 28.2. The van der Waals surface area contributed by atoms with Gasteiger partial charge in [-0.15, -0.1) is 0 Å². The number of benzene rings is 1. The first-order chi connectivity index (χ1) is 8.25. The average Bonchev–Trinajstić information content (AvgIpc) is 2.38. The Hall–Kier alpha value is -0.823. The topological polar surface area (TPSA) is 0 Å². The van der Waals surface area contributed by atoms with Gasteiger partial charge in [0.25, 0.3) is 0 Å². The molecule has 0 aromatic heterocycles. The van der Waals surface area contributed by atoms with E-state index in [0.717, 1.165) is 11.8 Å². The maximum Gasteiger partial charge on any atom is 0.0587 e. The van der Waals surface area contributed by atoms with Crippen LogP contribution in [0.25, 0.3) is 0 Å². The van der Waals surface area contributed by atoms with Crippen LogP contribution in [-0.2, 0) is 0 Å². The first-order valence-corrected chi connectivity index (χ1v) is 8.68. The van der Waals surface area contributed by atoms with Gasteiger partial charge in [0.15, 0.2) is 0 Å². The van der Waals surface area contributed by atoms with Crippen LogP contribution in [0.5, 0.6) is 0 Å². The second-order valence-corrected chi connectivity index (χ2v) is 7.44. The lowest BCUT2D eigenvalue weighted by Gasteiger charge is -2.25. The quantitative estimate of drug-likeness (QED) is 0.563. The zero-order valence-electron chi connectivity index (χ0n) is 11.2. The van der Waals surface area contributed by atoms with Crippen molar-refractivity contribution in [3.63, 3.8) is 0 Å². The minimum absolute atomic E-state index is 0.0608. The fraction of sp³-hybridized carbons (Fsp3) is 0.500. The van der Waals surface area contributed by atoms with Gasteiger partial charge in [0, 0.05) is 0 Å². The van der Waals surface area contributed by atoms with Crippen LogP contribution in [0.1, 0.15) is 33.1 Å². The Morgan fingerprint density at radius 2 is 2.00 bits per heavy atom. The second kappa shape index (κ2) is 6.20. The second-order valence-electron chi connectivity index (χ2n) is 5.63. The third-order valence-corrected chi connectivity index (χ3v) is 6.01. The normalized spacial score (nSPS) is 21.1. The first-order valence-electron chi connectivity index (χ1n) is 6.97. The molecule has 0 aliphatic heterocycles. The van der Waals surface area contributed by atoms with Gasteiger partial charge >= 0.3 is 0 Å². The van der Waals surface area contributed by atoms with E-state index in [1.165, 1.54) is 25.3 Å². The summed E-state index contributed by atoms with van der Waals surface area (Å²) in [6.45, 7) is 4.73. The molecule has 0 saturated carbocycles.